The number of aromatic nitrogens is 1. The number of rotatable bonds is 4. The van der Waals surface area contributed by atoms with Crippen molar-refractivity contribution in [2.24, 2.45) is 0 Å². The fraction of sp³-hybridized carbons (Fsp3) is 0.267. The second kappa shape index (κ2) is 5.70. The molecular formula is C15H16N2O4S2. The Kier molecular flexibility index (Phi) is 3.99. The zero-order chi connectivity index (χ0) is 16.7. The lowest BCUT2D eigenvalue weighted by molar-refractivity contribution is 0.338. The molecule has 1 saturated heterocycles. The van der Waals surface area contributed by atoms with Crippen LogP contribution in [0.2, 0.25) is 0 Å². The molecule has 2 heterocycles. The van der Waals surface area contributed by atoms with Gasteiger partial charge in [-0.05, 0) is 24.1 Å². The van der Waals surface area contributed by atoms with Crippen molar-refractivity contribution in [2.45, 2.75) is 29.7 Å². The van der Waals surface area contributed by atoms with E-state index in [1.165, 1.54) is 18.3 Å². The van der Waals surface area contributed by atoms with Crippen LogP contribution in [0, 0.1) is 0 Å². The molecule has 0 saturated carbocycles. The molecule has 1 aromatic carbocycles. The number of sulfonamides is 2. The lowest BCUT2D eigenvalue weighted by Gasteiger charge is -2.45. The molecular weight excluding hydrogens is 336 g/mol. The van der Waals surface area contributed by atoms with Crippen LogP contribution in [0.5, 0.6) is 0 Å². The summed E-state index contributed by atoms with van der Waals surface area (Å²) in [6, 6.07) is 12.5. The van der Waals surface area contributed by atoms with E-state index in [9.17, 15) is 16.8 Å². The molecule has 8 heteroatoms. The molecule has 0 unspecified atom stereocenters. The molecule has 1 aliphatic heterocycles. The molecule has 23 heavy (non-hydrogen) atoms. The smallest absolute Gasteiger partial charge is 0.243 e. The van der Waals surface area contributed by atoms with Gasteiger partial charge in [0.15, 0.2) is 5.03 Å². The maximum absolute atomic E-state index is 12.8. The zero-order valence-corrected chi connectivity index (χ0v) is 14.0. The third kappa shape index (κ3) is 2.46. The minimum atomic E-state index is -4.22. The minimum absolute atomic E-state index is 0.265. The second-order valence-corrected chi connectivity index (χ2v) is 9.27. The molecule has 2 atom stereocenters. The Morgan fingerprint density at radius 2 is 1.74 bits per heavy atom. The summed E-state index contributed by atoms with van der Waals surface area (Å²) >= 11 is 0. The summed E-state index contributed by atoms with van der Waals surface area (Å²) in [5.41, 5.74) is 0.661. The molecule has 0 radical (unpaired) electrons. The Balaban J connectivity index is 2.12. The van der Waals surface area contributed by atoms with E-state index in [4.69, 9.17) is 0 Å². The van der Waals surface area contributed by atoms with Crippen LogP contribution in [0.3, 0.4) is 0 Å². The lowest BCUT2D eigenvalue weighted by atomic mass is 10.0. The number of benzene rings is 1. The number of nitrogens with zero attached hydrogens (tertiary/aromatic N) is 2. The highest BCUT2D eigenvalue weighted by atomic mass is 32.3. The van der Waals surface area contributed by atoms with Crippen molar-refractivity contribution in [2.75, 3.05) is 0 Å². The van der Waals surface area contributed by atoms with Gasteiger partial charge in [0, 0.05) is 6.20 Å². The van der Waals surface area contributed by atoms with E-state index in [1.807, 2.05) is 0 Å². The topological polar surface area (TPSA) is 84.4 Å². The highest BCUT2D eigenvalue weighted by Crippen LogP contribution is 2.47. The van der Waals surface area contributed by atoms with Gasteiger partial charge in [-0.15, -0.1) is 0 Å². The second-order valence-electron chi connectivity index (χ2n) is 5.25. The van der Waals surface area contributed by atoms with Crippen LogP contribution in [0.15, 0.2) is 59.8 Å². The largest absolute Gasteiger partial charge is 0.274 e. The van der Waals surface area contributed by atoms with Gasteiger partial charge in [0.2, 0.25) is 10.0 Å². The number of hydrogen-bond donors (Lipinski definition) is 0. The predicted molar refractivity (Wildman–Crippen MR) is 85.4 cm³/mol. The van der Waals surface area contributed by atoms with Gasteiger partial charge in [0.05, 0.1) is 11.3 Å². The maximum atomic E-state index is 12.8. The molecule has 1 aromatic heterocycles. The van der Waals surface area contributed by atoms with Gasteiger partial charge in [-0.3, -0.25) is 0 Å². The maximum Gasteiger partial charge on any atom is 0.274 e. The van der Waals surface area contributed by atoms with Gasteiger partial charge >= 0.3 is 0 Å². The van der Waals surface area contributed by atoms with Crippen LogP contribution < -0.4 is 0 Å². The van der Waals surface area contributed by atoms with E-state index in [-0.39, 0.29) is 5.03 Å². The van der Waals surface area contributed by atoms with Crippen molar-refractivity contribution in [3.8, 4) is 0 Å². The Morgan fingerprint density at radius 3 is 2.30 bits per heavy atom. The van der Waals surface area contributed by atoms with Crippen LogP contribution >= 0.6 is 0 Å². The first-order valence-electron chi connectivity index (χ1n) is 7.15. The standard InChI is InChI=1S/C15H16N2O4S2/c1-2-13-15(12-8-4-3-5-9-12)17(22(13,18)19)23(20,21)14-10-6-7-11-16-14/h3-11,13,15H,2H2,1H3/t13-,15-/m0/s1. The summed E-state index contributed by atoms with van der Waals surface area (Å²) in [5.74, 6) is 0. The first kappa shape index (κ1) is 16.1. The van der Waals surface area contributed by atoms with Gasteiger partial charge in [-0.25, -0.2) is 21.8 Å². The normalized spacial score (nSPS) is 24.0. The van der Waals surface area contributed by atoms with Gasteiger partial charge in [0.1, 0.15) is 0 Å². The number of pyridine rings is 1. The lowest BCUT2D eigenvalue weighted by Crippen LogP contribution is -2.59. The van der Waals surface area contributed by atoms with Crippen molar-refractivity contribution in [1.29, 1.82) is 0 Å². The van der Waals surface area contributed by atoms with Crippen molar-refractivity contribution in [1.82, 2.24) is 8.69 Å². The molecule has 1 aliphatic rings. The molecule has 2 aromatic rings. The van der Waals surface area contributed by atoms with Crippen LogP contribution in [0.4, 0.5) is 0 Å². The fourth-order valence-electron chi connectivity index (χ4n) is 2.83. The SMILES string of the molecule is CC[C@H]1[C@H](c2ccccc2)N(S(=O)(=O)c2ccccn2)S1(=O)=O. The van der Waals surface area contributed by atoms with E-state index in [2.05, 4.69) is 4.98 Å². The van der Waals surface area contributed by atoms with Crippen molar-refractivity contribution < 1.29 is 16.8 Å². The molecule has 0 spiro atoms. The van der Waals surface area contributed by atoms with E-state index >= 15 is 0 Å². The quantitative estimate of drug-likeness (QED) is 0.839. The average molecular weight is 352 g/mol. The molecule has 6 nitrogen and oxygen atoms in total. The van der Waals surface area contributed by atoms with Gasteiger partial charge in [0.25, 0.3) is 10.0 Å². The van der Waals surface area contributed by atoms with Crippen molar-refractivity contribution in [3.63, 3.8) is 0 Å². The summed E-state index contributed by atoms with van der Waals surface area (Å²) in [4.78, 5) is 3.80. The molecule has 0 amide bonds. The fourth-order valence-corrected chi connectivity index (χ4v) is 7.44. The molecule has 0 aliphatic carbocycles. The molecule has 122 valence electrons. The monoisotopic (exact) mass is 352 g/mol. The van der Waals surface area contributed by atoms with E-state index in [1.54, 1.807) is 43.3 Å². The van der Waals surface area contributed by atoms with Crippen LogP contribution in [-0.4, -0.2) is 30.8 Å². The summed E-state index contributed by atoms with van der Waals surface area (Å²) in [7, 11) is -8.13. The third-order valence-corrected chi connectivity index (χ3v) is 8.66. The average Bonchev–Trinajstić information content (AvgIpc) is 2.54. The molecule has 0 N–H and O–H groups in total. The molecule has 3 rings (SSSR count). The number of hydrogen-bond acceptors (Lipinski definition) is 5. The van der Waals surface area contributed by atoms with E-state index in [0.29, 0.717) is 15.7 Å². The third-order valence-electron chi connectivity index (χ3n) is 3.90. The zero-order valence-electron chi connectivity index (χ0n) is 12.4. The van der Waals surface area contributed by atoms with Crippen LogP contribution in [-0.2, 0) is 20.0 Å². The highest BCUT2D eigenvalue weighted by molar-refractivity contribution is 8.05. The van der Waals surface area contributed by atoms with E-state index < -0.39 is 31.3 Å². The van der Waals surface area contributed by atoms with Crippen LogP contribution in [0.25, 0.3) is 0 Å². The predicted octanol–water partition coefficient (Wildman–Crippen LogP) is 1.94. The minimum Gasteiger partial charge on any atom is -0.243 e. The molecule has 0 bridgehead atoms. The summed E-state index contributed by atoms with van der Waals surface area (Å²) in [5, 5.41) is -1.01. The highest BCUT2D eigenvalue weighted by Gasteiger charge is 2.59. The van der Waals surface area contributed by atoms with E-state index in [0.717, 1.165) is 0 Å². The summed E-state index contributed by atoms with van der Waals surface area (Å²) in [6.45, 7) is 1.74. The molecule has 1 fully saturated rings. The first-order chi connectivity index (χ1) is 10.9. The van der Waals surface area contributed by atoms with Crippen LogP contribution in [0.1, 0.15) is 24.9 Å². The summed E-state index contributed by atoms with van der Waals surface area (Å²) in [6.07, 6.45) is 1.67. The van der Waals surface area contributed by atoms with Gasteiger partial charge < -0.3 is 0 Å². The Bertz CT molecular complexity index is 897. The van der Waals surface area contributed by atoms with Crippen molar-refractivity contribution in [3.05, 3.63) is 60.3 Å². The van der Waals surface area contributed by atoms with Gasteiger partial charge in [-0.2, -0.15) is 0 Å². The van der Waals surface area contributed by atoms with Crippen molar-refractivity contribution >= 4 is 20.0 Å². The Labute approximate surface area is 135 Å². The Hall–Kier alpha value is -1.77. The summed E-state index contributed by atoms with van der Waals surface area (Å²) < 4.78 is 51.1. The Morgan fingerprint density at radius 1 is 1.09 bits per heavy atom. The first-order valence-corrected chi connectivity index (χ1v) is 10.1. The van der Waals surface area contributed by atoms with Gasteiger partial charge in [-0.1, -0.05) is 47.0 Å².